The molecule has 0 radical (unpaired) electrons. The minimum Gasteiger partial charge on any atom is -0.370 e. The Bertz CT molecular complexity index is 281. The second kappa shape index (κ2) is 8.08. The molecule has 0 spiro atoms. The predicted octanol–water partition coefficient (Wildman–Crippen LogP) is 0.536. The Morgan fingerprint density at radius 3 is 2.83 bits per heavy atom. The van der Waals surface area contributed by atoms with Crippen molar-refractivity contribution in [3.05, 3.63) is 0 Å². The summed E-state index contributed by atoms with van der Waals surface area (Å²) in [4.78, 5) is 22.2. The molecule has 1 saturated heterocycles. The van der Waals surface area contributed by atoms with Crippen LogP contribution in [0.5, 0.6) is 0 Å². The van der Waals surface area contributed by atoms with Gasteiger partial charge in [0.25, 0.3) is 0 Å². The second-order valence-electron chi connectivity index (χ2n) is 5.16. The van der Waals surface area contributed by atoms with Gasteiger partial charge in [0.05, 0.1) is 0 Å². The summed E-state index contributed by atoms with van der Waals surface area (Å²) in [5.74, 6) is 0.390. The third kappa shape index (κ3) is 6.00. The zero-order chi connectivity index (χ0) is 13.4. The fourth-order valence-corrected chi connectivity index (χ4v) is 2.31. The quantitative estimate of drug-likeness (QED) is 0.580. The van der Waals surface area contributed by atoms with E-state index in [4.69, 9.17) is 5.73 Å². The fourth-order valence-electron chi connectivity index (χ4n) is 2.31. The van der Waals surface area contributed by atoms with Crippen molar-refractivity contribution in [3.8, 4) is 0 Å². The summed E-state index contributed by atoms with van der Waals surface area (Å²) in [5, 5.41) is 6.29. The molecule has 1 aliphatic rings. The van der Waals surface area contributed by atoms with Gasteiger partial charge in [-0.05, 0) is 38.1 Å². The summed E-state index contributed by atoms with van der Waals surface area (Å²) in [6, 6.07) is 0.310. The number of nitrogens with two attached hydrogens (primary N) is 1. The van der Waals surface area contributed by atoms with Crippen molar-refractivity contribution in [1.29, 1.82) is 0 Å². The van der Waals surface area contributed by atoms with E-state index in [0.717, 1.165) is 19.4 Å². The zero-order valence-electron chi connectivity index (χ0n) is 11.2. The lowest BCUT2D eigenvalue weighted by molar-refractivity contribution is -0.122. The lowest BCUT2D eigenvalue weighted by atomic mass is 9.90. The topological polar surface area (TPSA) is 84.2 Å². The van der Waals surface area contributed by atoms with Crippen molar-refractivity contribution in [3.63, 3.8) is 0 Å². The van der Waals surface area contributed by atoms with Crippen LogP contribution in [0.1, 0.15) is 45.4 Å². The van der Waals surface area contributed by atoms with E-state index >= 15 is 0 Å². The van der Waals surface area contributed by atoms with E-state index in [-0.39, 0.29) is 11.8 Å². The Morgan fingerprint density at radius 1 is 1.39 bits per heavy atom. The fraction of sp³-hybridized carbons (Fsp3) is 0.846. The van der Waals surface area contributed by atoms with Crippen molar-refractivity contribution in [2.24, 2.45) is 11.7 Å². The monoisotopic (exact) mass is 255 g/mol. The molecule has 5 nitrogen and oxygen atoms in total. The Morgan fingerprint density at radius 2 is 2.17 bits per heavy atom. The van der Waals surface area contributed by atoms with Crippen LogP contribution in [0.15, 0.2) is 0 Å². The summed E-state index contributed by atoms with van der Waals surface area (Å²) < 4.78 is 0. The maximum absolute atomic E-state index is 11.7. The van der Waals surface area contributed by atoms with Gasteiger partial charge >= 0.3 is 0 Å². The van der Waals surface area contributed by atoms with Gasteiger partial charge in [-0.1, -0.05) is 6.92 Å². The van der Waals surface area contributed by atoms with Crippen molar-refractivity contribution < 1.29 is 9.59 Å². The standard InChI is InChI=1S/C13H25N3O2/c1-10-5-4-8-15-11(10)9-13(18)16-7-3-2-6-12(14)17/h10-11,15H,2-9H2,1H3,(H2,14,17)(H,16,18). The van der Waals surface area contributed by atoms with Gasteiger partial charge in [-0.2, -0.15) is 0 Å². The Labute approximate surface area is 109 Å². The number of amides is 2. The van der Waals surface area contributed by atoms with Crippen molar-refractivity contribution in [1.82, 2.24) is 10.6 Å². The average Bonchev–Trinajstić information content (AvgIpc) is 2.31. The van der Waals surface area contributed by atoms with Crippen LogP contribution in [0.3, 0.4) is 0 Å². The molecule has 0 aliphatic carbocycles. The van der Waals surface area contributed by atoms with Gasteiger partial charge in [-0.25, -0.2) is 0 Å². The molecular formula is C13H25N3O2. The number of nitrogens with one attached hydrogen (secondary N) is 2. The molecule has 4 N–H and O–H groups in total. The van der Waals surface area contributed by atoms with E-state index in [1.807, 2.05) is 0 Å². The van der Waals surface area contributed by atoms with Gasteiger partial charge in [-0.15, -0.1) is 0 Å². The third-order valence-corrected chi connectivity index (χ3v) is 3.51. The van der Waals surface area contributed by atoms with Crippen LogP contribution in [0.2, 0.25) is 0 Å². The Kier molecular flexibility index (Phi) is 6.72. The van der Waals surface area contributed by atoms with Gasteiger partial charge in [0.15, 0.2) is 0 Å². The van der Waals surface area contributed by atoms with Crippen LogP contribution >= 0.6 is 0 Å². The number of hydrogen-bond acceptors (Lipinski definition) is 3. The molecule has 2 amide bonds. The molecule has 1 aliphatic heterocycles. The van der Waals surface area contributed by atoms with Crippen molar-refractivity contribution >= 4 is 11.8 Å². The van der Waals surface area contributed by atoms with E-state index in [1.54, 1.807) is 0 Å². The molecule has 2 atom stereocenters. The van der Waals surface area contributed by atoms with E-state index < -0.39 is 0 Å². The predicted molar refractivity (Wildman–Crippen MR) is 70.9 cm³/mol. The molecule has 0 aromatic carbocycles. The van der Waals surface area contributed by atoms with Crippen LogP contribution in [0.4, 0.5) is 0 Å². The van der Waals surface area contributed by atoms with Crippen LogP contribution < -0.4 is 16.4 Å². The molecule has 0 saturated carbocycles. The minimum absolute atomic E-state index is 0.0975. The zero-order valence-corrected chi connectivity index (χ0v) is 11.2. The lowest BCUT2D eigenvalue weighted by Crippen LogP contribution is -2.43. The summed E-state index contributed by atoms with van der Waals surface area (Å²) >= 11 is 0. The Balaban J connectivity index is 2.07. The highest BCUT2D eigenvalue weighted by Gasteiger charge is 2.22. The molecule has 1 heterocycles. The number of rotatable bonds is 7. The van der Waals surface area contributed by atoms with Gasteiger partial charge in [0, 0.05) is 25.4 Å². The highest BCUT2D eigenvalue weighted by Crippen LogP contribution is 2.17. The highest BCUT2D eigenvalue weighted by atomic mass is 16.1. The summed E-state index contributed by atoms with van der Waals surface area (Å²) in [6.07, 6.45) is 4.90. The largest absolute Gasteiger partial charge is 0.370 e. The maximum Gasteiger partial charge on any atom is 0.221 e. The first-order valence-electron chi connectivity index (χ1n) is 6.88. The van der Waals surface area contributed by atoms with E-state index in [0.29, 0.717) is 31.3 Å². The molecule has 2 unspecified atom stereocenters. The number of unbranched alkanes of at least 4 members (excludes halogenated alkanes) is 1. The number of carbonyl (C=O) groups excluding carboxylic acids is 2. The Hall–Kier alpha value is -1.10. The molecule has 1 fully saturated rings. The minimum atomic E-state index is -0.276. The first kappa shape index (κ1) is 15.0. The molecular weight excluding hydrogens is 230 g/mol. The number of primary amides is 1. The second-order valence-corrected chi connectivity index (χ2v) is 5.16. The number of hydrogen-bond donors (Lipinski definition) is 3. The smallest absolute Gasteiger partial charge is 0.221 e. The molecule has 1 rings (SSSR count). The molecule has 0 aromatic rings. The first-order chi connectivity index (χ1) is 8.59. The lowest BCUT2D eigenvalue weighted by Gasteiger charge is -2.29. The highest BCUT2D eigenvalue weighted by molar-refractivity contribution is 5.76. The SMILES string of the molecule is CC1CCCNC1CC(=O)NCCCCC(N)=O. The molecule has 18 heavy (non-hydrogen) atoms. The summed E-state index contributed by atoms with van der Waals surface area (Å²) in [7, 11) is 0. The summed E-state index contributed by atoms with van der Waals surface area (Å²) in [5.41, 5.74) is 5.04. The van der Waals surface area contributed by atoms with Crippen molar-refractivity contribution in [2.75, 3.05) is 13.1 Å². The average molecular weight is 255 g/mol. The van der Waals surface area contributed by atoms with E-state index in [9.17, 15) is 9.59 Å². The number of piperidine rings is 1. The van der Waals surface area contributed by atoms with Crippen LogP contribution in [-0.4, -0.2) is 30.9 Å². The van der Waals surface area contributed by atoms with Gasteiger partial charge in [0.2, 0.25) is 11.8 Å². The first-order valence-corrected chi connectivity index (χ1v) is 6.88. The third-order valence-electron chi connectivity index (χ3n) is 3.51. The number of carbonyl (C=O) groups is 2. The van der Waals surface area contributed by atoms with E-state index in [2.05, 4.69) is 17.6 Å². The molecule has 5 heteroatoms. The molecule has 0 bridgehead atoms. The van der Waals surface area contributed by atoms with Crippen LogP contribution in [0, 0.1) is 5.92 Å². The van der Waals surface area contributed by atoms with Gasteiger partial charge in [0.1, 0.15) is 0 Å². The van der Waals surface area contributed by atoms with Crippen molar-refractivity contribution in [2.45, 2.75) is 51.5 Å². The van der Waals surface area contributed by atoms with Gasteiger partial charge in [-0.3, -0.25) is 9.59 Å². The maximum atomic E-state index is 11.7. The molecule has 0 aromatic heterocycles. The van der Waals surface area contributed by atoms with Gasteiger partial charge < -0.3 is 16.4 Å². The van der Waals surface area contributed by atoms with Crippen LogP contribution in [-0.2, 0) is 9.59 Å². The van der Waals surface area contributed by atoms with Crippen LogP contribution in [0.25, 0.3) is 0 Å². The normalized spacial score (nSPS) is 23.6. The van der Waals surface area contributed by atoms with E-state index in [1.165, 1.54) is 12.8 Å². The molecule has 104 valence electrons. The summed E-state index contributed by atoms with van der Waals surface area (Å²) in [6.45, 7) is 3.84.